The van der Waals surface area contributed by atoms with Crippen LogP contribution in [0.2, 0.25) is 10.0 Å². The highest BCUT2D eigenvalue weighted by Crippen LogP contribution is 2.25. The average molecular weight is 360 g/mol. The number of nitrogens with one attached hydrogen (secondary N) is 1. The van der Waals surface area contributed by atoms with E-state index in [0.717, 1.165) is 22.5 Å². The highest BCUT2D eigenvalue weighted by atomic mass is 35.5. The van der Waals surface area contributed by atoms with E-state index < -0.39 is 0 Å². The van der Waals surface area contributed by atoms with Crippen LogP contribution in [-0.4, -0.2) is 17.0 Å². The Morgan fingerprint density at radius 3 is 2.58 bits per heavy atom. The molecule has 24 heavy (non-hydrogen) atoms. The molecule has 2 aromatic heterocycles. The Morgan fingerprint density at radius 2 is 1.88 bits per heavy atom. The smallest absolute Gasteiger partial charge is 0.138 e. The number of aromatic nitrogens is 2. The van der Waals surface area contributed by atoms with Crippen LogP contribution in [0.3, 0.4) is 0 Å². The van der Waals surface area contributed by atoms with Crippen molar-refractivity contribution in [3.63, 3.8) is 0 Å². The van der Waals surface area contributed by atoms with Crippen LogP contribution in [0.5, 0.6) is 5.75 Å². The summed E-state index contributed by atoms with van der Waals surface area (Å²) in [5, 5.41) is 4.18. The van der Waals surface area contributed by atoms with Crippen LogP contribution in [-0.2, 0) is 6.61 Å². The molecule has 4 nitrogen and oxygen atoms in total. The van der Waals surface area contributed by atoms with Gasteiger partial charge in [0.1, 0.15) is 18.2 Å². The first-order valence-electron chi connectivity index (χ1n) is 7.31. The van der Waals surface area contributed by atoms with Gasteiger partial charge in [0, 0.05) is 46.2 Å². The zero-order valence-corrected chi connectivity index (χ0v) is 14.5. The summed E-state index contributed by atoms with van der Waals surface area (Å²) in [5.74, 6) is 1.48. The first-order chi connectivity index (χ1) is 11.7. The molecule has 0 atom stereocenters. The summed E-state index contributed by atoms with van der Waals surface area (Å²) >= 11 is 12.1. The van der Waals surface area contributed by atoms with Crippen molar-refractivity contribution in [2.45, 2.75) is 6.61 Å². The summed E-state index contributed by atoms with van der Waals surface area (Å²) in [4.78, 5) is 8.54. The van der Waals surface area contributed by atoms with E-state index in [2.05, 4.69) is 15.3 Å². The fourth-order valence-corrected chi connectivity index (χ4v) is 2.63. The largest absolute Gasteiger partial charge is 0.487 e. The van der Waals surface area contributed by atoms with E-state index in [9.17, 15) is 0 Å². The minimum Gasteiger partial charge on any atom is -0.487 e. The summed E-state index contributed by atoms with van der Waals surface area (Å²) in [6.45, 7) is 0.345. The molecule has 3 rings (SSSR count). The van der Waals surface area contributed by atoms with E-state index in [1.807, 2.05) is 31.3 Å². The van der Waals surface area contributed by atoms with Crippen molar-refractivity contribution in [3.8, 4) is 16.9 Å². The number of halogens is 2. The van der Waals surface area contributed by atoms with Crippen molar-refractivity contribution in [1.29, 1.82) is 0 Å². The van der Waals surface area contributed by atoms with Gasteiger partial charge in [0.25, 0.3) is 0 Å². The molecule has 1 N–H and O–H groups in total. The van der Waals surface area contributed by atoms with E-state index in [1.54, 1.807) is 30.7 Å². The minimum absolute atomic E-state index is 0.345. The van der Waals surface area contributed by atoms with Crippen LogP contribution in [0.15, 0.2) is 55.0 Å². The van der Waals surface area contributed by atoms with Gasteiger partial charge in [0.15, 0.2) is 0 Å². The van der Waals surface area contributed by atoms with E-state index >= 15 is 0 Å². The predicted molar refractivity (Wildman–Crippen MR) is 97.8 cm³/mol. The molecule has 0 aliphatic carbocycles. The molecule has 0 radical (unpaired) electrons. The number of rotatable bonds is 5. The van der Waals surface area contributed by atoms with Gasteiger partial charge in [-0.05, 0) is 30.3 Å². The Bertz CT molecular complexity index is 838. The van der Waals surface area contributed by atoms with Crippen molar-refractivity contribution in [2.24, 2.45) is 0 Å². The van der Waals surface area contributed by atoms with Crippen LogP contribution in [0.4, 0.5) is 5.82 Å². The molecule has 0 saturated heterocycles. The van der Waals surface area contributed by atoms with Gasteiger partial charge in [0.2, 0.25) is 0 Å². The molecule has 3 aromatic rings. The number of benzene rings is 1. The first-order valence-corrected chi connectivity index (χ1v) is 8.07. The summed E-state index contributed by atoms with van der Waals surface area (Å²) in [7, 11) is 1.83. The quantitative estimate of drug-likeness (QED) is 0.690. The predicted octanol–water partition coefficient (Wildman–Crippen LogP) is 5.07. The summed E-state index contributed by atoms with van der Waals surface area (Å²) in [6.07, 6.45) is 5.24. The number of ether oxygens (including phenoxy) is 1. The molecule has 0 amide bonds. The van der Waals surface area contributed by atoms with Crippen molar-refractivity contribution < 1.29 is 4.74 Å². The van der Waals surface area contributed by atoms with Crippen molar-refractivity contribution in [1.82, 2.24) is 9.97 Å². The maximum atomic E-state index is 6.16. The fraction of sp³-hybridized carbons (Fsp3) is 0.111. The van der Waals surface area contributed by atoms with E-state index in [0.29, 0.717) is 22.4 Å². The first kappa shape index (κ1) is 16.6. The molecular formula is C18H15Cl2N3O. The normalized spacial score (nSPS) is 10.5. The van der Waals surface area contributed by atoms with Gasteiger partial charge < -0.3 is 10.1 Å². The monoisotopic (exact) mass is 359 g/mol. The van der Waals surface area contributed by atoms with Gasteiger partial charge in [-0.1, -0.05) is 29.3 Å². The molecule has 2 heterocycles. The van der Waals surface area contributed by atoms with Crippen LogP contribution in [0, 0.1) is 0 Å². The van der Waals surface area contributed by atoms with E-state index in [4.69, 9.17) is 27.9 Å². The second-order valence-corrected chi connectivity index (χ2v) is 5.96. The molecule has 0 bridgehead atoms. The summed E-state index contributed by atoms with van der Waals surface area (Å²) in [5.41, 5.74) is 2.77. The Labute approximate surface area is 150 Å². The highest BCUT2D eigenvalue weighted by molar-refractivity contribution is 6.35. The third-order valence-corrected chi connectivity index (χ3v) is 4.06. The number of hydrogen-bond acceptors (Lipinski definition) is 4. The van der Waals surface area contributed by atoms with E-state index in [1.165, 1.54) is 0 Å². The van der Waals surface area contributed by atoms with Crippen LogP contribution in [0.1, 0.15) is 5.56 Å². The molecule has 0 aliphatic rings. The minimum atomic E-state index is 0.345. The zero-order valence-electron chi connectivity index (χ0n) is 13.0. The molecular weight excluding hydrogens is 345 g/mol. The lowest BCUT2D eigenvalue weighted by Gasteiger charge is -2.09. The van der Waals surface area contributed by atoms with Gasteiger partial charge in [-0.3, -0.25) is 4.98 Å². The molecule has 0 saturated carbocycles. The van der Waals surface area contributed by atoms with Crippen LogP contribution >= 0.6 is 23.2 Å². The van der Waals surface area contributed by atoms with Crippen molar-refractivity contribution >= 4 is 29.0 Å². The van der Waals surface area contributed by atoms with Gasteiger partial charge in [-0.25, -0.2) is 4.98 Å². The summed E-state index contributed by atoms with van der Waals surface area (Å²) in [6, 6.07) is 11.2. The summed E-state index contributed by atoms with van der Waals surface area (Å²) < 4.78 is 5.80. The van der Waals surface area contributed by atoms with Gasteiger partial charge in [-0.15, -0.1) is 0 Å². The SMILES string of the molecule is CNc1ccc(-c2cncc(OCc3ccc(Cl)cc3Cl)c2)cn1. The third kappa shape index (κ3) is 3.96. The maximum Gasteiger partial charge on any atom is 0.138 e. The molecule has 0 aliphatic heterocycles. The highest BCUT2D eigenvalue weighted by Gasteiger charge is 2.05. The molecule has 122 valence electrons. The number of nitrogens with zero attached hydrogens (tertiary/aromatic N) is 2. The van der Waals surface area contributed by atoms with Crippen molar-refractivity contribution in [2.75, 3.05) is 12.4 Å². The molecule has 1 aromatic carbocycles. The molecule has 0 unspecified atom stereocenters. The average Bonchev–Trinajstić information content (AvgIpc) is 2.61. The Hall–Kier alpha value is -2.30. The molecule has 6 heteroatoms. The number of pyridine rings is 2. The third-order valence-electron chi connectivity index (χ3n) is 3.48. The zero-order chi connectivity index (χ0) is 16.9. The number of hydrogen-bond donors (Lipinski definition) is 1. The second kappa shape index (κ2) is 7.51. The van der Waals surface area contributed by atoms with E-state index in [-0.39, 0.29) is 0 Å². The lowest BCUT2D eigenvalue weighted by molar-refractivity contribution is 0.305. The van der Waals surface area contributed by atoms with Gasteiger partial charge in [-0.2, -0.15) is 0 Å². The maximum absolute atomic E-state index is 6.16. The number of anilines is 1. The van der Waals surface area contributed by atoms with Gasteiger partial charge in [0.05, 0.1) is 6.20 Å². The van der Waals surface area contributed by atoms with Gasteiger partial charge >= 0.3 is 0 Å². The van der Waals surface area contributed by atoms with Crippen LogP contribution < -0.4 is 10.1 Å². The standard InChI is InChI=1S/C18H15Cl2N3O/c1-21-18-5-3-12(9-23-18)14-6-16(10-22-8-14)24-11-13-2-4-15(19)7-17(13)20/h2-10H,11H2,1H3,(H,21,23). The lowest BCUT2D eigenvalue weighted by atomic mass is 10.1. The second-order valence-electron chi connectivity index (χ2n) is 5.12. The van der Waals surface area contributed by atoms with Crippen LogP contribution in [0.25, 0.3) is 11.1 Å². The molecule has 0 fully saturated rings. The van der Waals surface area contributed by atoms with Crippen molar-refractivity contribution in [3.05, 3.63) is 70.6 Å². The topological polar surface area (TPSA) is 47.0 Å². The Kier molecular flexibility index (Phi) is 5.18. The lowest BCUT2D eigenvalue weighted by Crippen LogP contribution is -1.97. The Morgan fingerprint density at radius 1 is 1.00 bits per heavy atom. The fourth-order valence-electron chi connectivity index (χ4n) is 2.17. The Balaban J connectivity index is 1.75. The molecule has 0 spiro atoms.